The Morgan fingerprint density at radius 3 is 2.83 bits per heavy atom. The number of hydrogen-bond donors (Lipinski definition) is 2. The zero-order valence-electron chi connectivity index (χ0n) is 14.3. The molecular weight excluding hydrogens is 302 g/mol. The van der Waals surface area contributed by atoms with Crippen LogP contribution in [0.15, 0.2) is 37.1 Å². The maximum absolute atomic E-state index is 12.1. The smallest absolute Gasteiger partial charge is 0.315 e. The standard InChI is InChI=1S/C18H25N5O/c1-18(2)6-3-15(4-7-18)22-17(24)21-12-14-5-8-20-16(11-14)23-10-9-19-13-23/h5,8-11,13,15H,3-4,6-7,12H2,1-2H3,(H2,21,22,24). The minimum absolute atomic E-state index is 0.0966. The van der Waals surface area contributed by atoms with Crippen LogP contribution in [0, 0.1) is 5.41 Å². The van der Waals surface area contributed by atoms with Crippen molar-refractivity contribution in [3.63, 3.8) is 0 Å². The molecule has 0 radical (unpaired) electrons. The van der Waals surface area contributed by atoms with Crippen LogP contribution in [-0.4, -0.2) is 26.6 Å². The second kappa shape index (κ2) is 7.03. The van der Waals surface area contributed by atoms with Gasteiger partial charge in [-0.2, -0.15) is 0 Å². The number of rotatable bonds is 4. The van der Waals surface area contributed by atoms with Crippen molar-refractivity contribution in [2.24, 2.45) is 5.41 Å². The highest BCUT2D eigenvalue weighted by Crippen LogP contribution is 2.34. The summed E-state index contributed by atoms with van der Waals surface area (Å²) in [7, 11) is 0. The Morgan fingerprint density at radius 2 is 2.12 bits per heavy atom. The Balaban J connectivity index is 1.49. The van der Waals surface area contributed by atoms with Gasteiger partial charge in [0.1, 0.15) is 12.1 Å². The summed E-state index contributed by atoms with van der Waals surface area (Å²) in [5.74, 6) is 0.793. The van der Waals surface area contributed by atoms with E-state index in [2.05, 4.69) is 34.4 Å². The molecule has 0 saturated heterocycles. The number of nitrogens with zero attached hydrogens (tertiary/aromatic N) is 3. The fourth-order valence-corrected chi connectivity index (χ4v) is 3.07. The predicted octanol–water partition coefficient (Wildman–Crippen LogP) is 3.04. The van der Waals surface area contributed by atoms with Crippen molar-refractivity contribution in [2.75, 3.05) is 0 Å². The maximum Gasteiger partial charge on any atom is 0.315 e. The van der Waals surface area contributed by atoms with Gasteiger partial charge >= 0.3 is 6.03 Å². The Morgan fingerprint density at radius 1 is 1.33 bits per heavy atom. The molecule has 6 heteroatoms. The number of pyridine rings is 1. The van der Waals surface area contributed by atoms with Crippen LogP contribution in [0.1, 0.15) is 45.1 Å². The van der Waals surface area contributed by atoms with Gasteiger partial charge < -0.3 is 10.6 Å². The lowest BCUT2D eigenvalue weighted by atomic mass is 9.76. The zero-order chi connectivity index (χ0) is 17.0. The van der Waals surface area contributed by atoms with Gasteiger partial charge in [-0.25, -0.2) is 14.8 Å². The monoisotopic (exact) mass is 327 g/mol. The SMILES string of the molecule is CC1(C)CCC(NC(=O)NCc2ccnc(-n3ccnc3)c2)CC1. The first-order valence-corrected chi connectivity index (χ1v) is 8.49. The summed E-state index contributed by atoms with van der Waals surface area (Å²) in [4.78, 5) is 20.4. The molecule has 6 nitrogen and oxygen atoms in total. The van der Waals surface area contributed by atoms with E-state index in [1.807, 2.05) is 22.9 Å². The molecule has 2 amide bonds. The lowest BCUT2D eigenvalue weighted by Crippen LogP contribution is -2.44. The van der Waals surface area contributed by atoms with E-state index in [1.165, 1.54) is 0 Å². The number of nitrogens with one attached hydrogen (secondary N) is 2. The molecule has 2 heterocycles. The Bertz CT molecular complexity index is 670. The van der Waals surface area contributed by atoms with Crippen LogP contribution in [0.5, 0.6) is 0 Å². The third-order valence-corrected chi connectivity index (χ3v) is 4.71. The first kappa shape index (κ1) is 16.5. The summed E-state index contributed by atoms with van der Waals surface area (Å²) in [5, 5.41) is 6.02. The third-order valence-electron chi connectivity index (χ3n) is 4.71. The van der Waals surface area contributed by atoms with Crippen LogP contribution < -0.4 is 10.6 Å². The van der Waals surface area contributed by atoms with Crippen LogP contribution in [-0.2, 0) is 6.54 Å². The van der Waals surface area contributed by atoms with E-state index in [9.17, 15) is 4.79 Å². The number of urea groups is 1. The van der Waals surface area contributed by atoms with Gasteiger partial charge in [0.25, 0.3) is 0 Å². The van der Waals surface area contributed by atoms with Crippen molar-refractivity contribution in [3.05, 3.63) is 42.6 Å². The average molecular weight is 327 g/mol. The molecule has 0 aliphatic heterocycles. The highest BCUT2D eigenvalue weighted by molar-refractivity contribution is 5.74. The number of carbonyl (C=O) groups is 1. The van der Waals surface area contributed by atoms with Crippen LogP contribution in [0.3, 0.4) is 0 Å². The van der Waals surface area contributed by atoms with Crippen LogP contribution in [0.4, 0.5) is 4.79 Å². The van der Waals surface area contributed by atoms with E-state index in [0.29, 0.717) is 12.0 Å². The molecule has 0 atom stereocenters. The van der Waals surface area contributed by atoms with Gasteiger partial charge in [-0.1, -0.05) is 13.8 Å². The van der Waals surface area contributed by atoms with Crippen molar-refractivity contribution < 1.29 is 4.79 Å². The number of imidazole rings is 1. The first-order valence-electron chi connectivity index (χ1n) is 8.49. The van der Waals surface area contributed by atoms with Crippen molar-refractivity contribution in [2.45, 2.75) is 52.1 Å². The zero-order valence-corrected chi connectivity index (χ0v) is 14.3. The van der Waals surface area contributed by atoms with E-state index >= 15 is 0 Å². The van der Waals surface area contributed by atoms with Gasteiger partial charge in [-0.3, -0.25) is 4.57 Å². The molecule has 0 unspecified atom stereocenters. The van der Waals surface area contributed by atoms with Crippen LogP contribution in [0.2, 0.25) is 0 Å². The molecule has 0 aromatic carbocycles. The van der Waals surface area contributed by atoms with Crippen molar-refractivity contribution >= 4 is 6.03 Å². The second-order valence-corrected chi connectivity index (χ2v) is 7.26. The summed E-state index contributed by atoms with van der Waals surface area (Å²) in [5.41, 5.74) is 1.42. The maximum atomic E-state index is 12.1. The summed E-state index contributed by atoms with van der Waals surface area (Å²) in [6.07, 6.45) is 11.4. The summed E-state index contributed by atoms with van der Waals surface area (Å²) in [6, 6.07) is 4.05. The lowest BCUT2D eigenvalue weighted by Gasteiger charge is -2.34. The molecule has 0 spiro atoms. The van der Waals surface area contributed by atoms with Gasteiger partial charge in [0, 0.05) is 31.2 Å². The summed E-state index contributed by atoms with van der Waals surface area (Å²) >= 11 is 0. The minimum Gasteiger partial charge on any atom is -0.335 e. The minimum atomic E-state index is -0.0966. The predicted molar refractivity (Wildman–Crippen MR) is 92.8 cm³/mol. The molecule has 1 aliphatic carbocycles. The molecule has 3 rings (SSSR count). The summed E-state index contributed by atoms with van der Waals surface area (Å²) in [6.45, 7) is 5.07. The summed E-state index contributed by atoms with van der Waals surface area (Å²) < 4.78 is 1.84. The fourth-order valence-electron chi connectivity index (χ4n) is 3.07. The highest BCUT2D eigenvalue weighted by atomic mass is 16.2. The Hall–Kier alpha value is -2.37. The molecule has 1 aliphatic rings. The molecule has 1 saturated carbocycles. The van der Waals surface area contributed by atoms with Gasteiger partial charge in [0.2, 0.25) is 0 Å². The Labute approximate surface area is 142 Å². The normalized spacial score (nSPS) is 17.4. The van der Waals surface area contributed by atoms with Gasteiger partial charge in [-0.05, 0) is 48.8 Å². The molecule has 24 heavy (non-hydrogen) atoms. The molecular formula is C18H25N5O. The Kier molecular flexibility index (Phi) is 4.83. The third kappa shape index (κ3) is 4.34. The molecule has 1 fully saturated rings. The topological polar surface area (TPSA) is 71.8 Å². The van der Waals surface area contributed by atoms with Gasteiger partial charge in [-0.15, -0.1) is 0 Å². The van der Waals surface area contributed by atoms with Crippen LogP contribution in [0.25, 0.3) is 5.82 Å². The quantitative estimate of drug-likeness (QED) is 0.906. The first-order chi connectivity index (χ1) is 11.5. The molecule has 2 aromatic rings. The fraction of sp³-hybridized carbons (Fsp3) is 0.500. The molecule has 128 valence electrons. The van der Waals surface area contributed by atoms with E-state index in [1.54, 1.807) is 18.7 Å². The van der Waals surface area contributed by atoms with E-state index < -0.39 is 0 Å². The van der Waals surface area contributed by atoms with E-state index in [4.69, 9.17) is 0 Å². The number of hydrogen-bond acceptors (Lipinski definition) is 3. The highest BCUT2D eigenvalue weighted by Gasteiger charge is 2.27. The largest absolute Gasteiger partial charge is 0.335 e. The lowest BCUT2D eigenvalue weighted by molar-refractivity contribution is 0.197. The number of aromatic nitrogens is 3. The molecule has 2 N–H and O–H groups in total. The van der Waals surface area contributed by atoms with Gasteiger partial charge in [0.15, 0.2) is 0 Å². The second-order valence-electron chi connectivity index (χ2n) is 7.26. The van der Waals surface area contributed by atoms with Crippen molar-refractivity contribution in [3.8, 4) is 5.82 Å². The van der Waals surface area contributed by atoms with Crippen LogP contribution >= 0.6 is 0 Å². The van der Waals surface area contributed by atoms with E-state index in [0.717, 1.165) is 37.1 Å². The molecule has 0 bridgehead atoms. The average Bonchev–Trinajstić information content (AvgIpc) is 3.10. The number of carbonyl (C=O) groups excluding carboxylic acids is 1. The number of amides is 2. The molecule has 2 aromatic heterocycles. The van der Waals surface area contributed by atoms with Crippen molar-refractivity contribution in [1.82, 2.24) is 25.2 Å². The van der Waals surface area contributed by atoms with Crippen molar-refractivity contribution in [1.29, 1.82) is 0 Å². The van der Waals surface area contributed by atoms with Gasteiger partial charge in [0.05, 0.1) is 0 Å². The van der Waals surface area contributed by atoms with E-state index in [-0.39, 0.29) is 12.1 Å².